The lowest BCUT2D eigenvalue weighted by Gasteiger charge is -2.01. The zero-order valence-electron chi connectivity index (χ0n) is 9.57. The third-order valence-corrected chi connectivity index (χ3v) is 2.73. The van der Waals surface area contributed by atoms with Gasteiger partial charge >= 0.3 is 0 Å². The minimum atomic E-state index is 0.318. The van der Waals surface area contributed by atoms with Crippen LogP contribution in [0.1, 0.15) is 31.9 Å². The van der Waals surface area contributed by atoms with Crippen LogP contribution in [0.25, 0.3) is 0 Å². The van der Waals surface area contributed by atoms with Crippen molar-refractivity contribution in [3.8, 4) is 5.75 Å². The number of hydrogen-bond donors (Lipinski definition) is 0. The van der Waals surface area contributed by atoms with Crippen molar-refractivity contribution in [1.29, 1.82) is 0 Å². The molecule has 0 bridgehead atoms. The van der Waals surface area contributed by atoms with Gasteiger partial charge in [-0.15, -0.1) is 0 Å². The van der Waals surface area contributed by atoms with Gasteiger partial charge in [0.1, 0.15) is 11.9 Å². The van der Waals surface area contributed by atoms with Gasteiger partial charge < -0.3 is 9.47 Å². The van der Waals surface area contributed by atoms with Crippen molar-refractivity contribution in [1.82, 2.24) is 0 Å². The fourth-order valence-electron chi connectivity index (χ4n) is 1.87. The predicted octanol–water partition coefficient (Wildman–Crippen LogP) is 3.18. The minimum absolute atomic E-state index is 0.318. The van der Waals surface area contributed by atoms with Gasteiger partial charge in [0.2, 0.25) is 0 Å². The molecular formula is C13H18O2. The number of rotatable bonds is 4. The van der Waals surface area contributed by atoms with Crippen molar-refractivity contribution in [3.05, 3.63) is 29.8 Å². The summed E-state index contributed by atoms with van der Waals surface area (Å²) in [6.45, 7) is 4.46. The second-order valence-electron chi connectivity index (χ2n) is 4.50. The van der Waals surface area contributed by atoms with Crippen LogP contribution in [0.2, 0.25) is 0 Å². The molecule has 82 valence electrons. The van der Waals surface area contributed by atoms with E-state index in [1.807, 2.05) is 12.1 Å². The summed E-state index contributed by atoms with van der Waals surface area (Å²) < 4.78 is 10.8. The van der Waals surface area contributed by atoms with E-state index in [0.29, 0.717) is 18.1 Å². The molecule has 1 heterocycles. The average molecular weight is 206 g/mol. The Kier molecular flexibility index (Phi) is 2.96. The summed E-state index contributed by atoms with van der Waals surface area (Å²) in [5.74, 6) is 1.61. The first-order chi connectivity index (χ1) is 7.20. The molecule has 0 unspecified atom stereocenters. The molecule has 1 aliphatic heterocycles. The highest BCUT2D eigenvalue weighted by atomic mass is 16.6. The topological polar surface area (TPSA) is 21.8 Å². The van der Waals surface area contributed by atoms with Crippen LogP contribution in [0.5, 0.6) is 5.75 Å². The number of hydrogen-bond acceptors (Lipinski definition) is 2. The second kappa shape index (κ2) is 4.23. The molecule has 0 radical (unpaired) electrons. The van der Waals surface area contributed by atoms with Crippen molar-refractivity contribution in [2.45, 2.75) is 32.5 Å². The molecule has 0 amide bonds. The SMILES string of the molecule is COc1ccc([C@@H]2O[C@@H]2CC(C)C)cc1. The van der Waals surface area contributed by atoms with Crippen LogP contribution >= 0.6 is 0 Å². The Bertz CT molecular complexity index is 316. The van der Waals surface area contributed by atoms with Crippen LogP contribution in [-0.2, 0) is 4.74 Å². The molecule has 2 rings (SSSR count). The minimum Gasteiger partial charge on any atom is -0.497 e. The van der Waals surface area contributed by atoms with E-state index in [1.165, 1.54) is 5.56 Å². The summed E-state index contributed by atoms with van der Waals surface area (Å²) in [6.07, 6.45) is 1.90. The van der Waals surface area contributed by atoms with Crippen molar-refractivity contribution >= 4 is 0 Å². The molecule has 2 atom stereocenters. The van der Waals surface area contributed by atoms with Gasteiger partial charge in [-0.25, -0.2) is 0 Å². The molecule has 2 heteroatoms. The van der Waals surface area contributed by atoms with Crippen molar-refractivity contribution in [2.75, 3.05) is 7.11 Å². The smallest absolute Gasteiger partial charge is 0.118 e. The third kappa shape index (κ3) is 2.51. The van der Waals surface area contributed by atoms with E-state index in [4.69, 9.17) is 9.47 Å². The quantitative estimate of drug-likeness (QED) is 0.706. The maximum absolute atomic E-state index is 5.65. The summed E-state index contributed by atoms with van der Waals surface area (Å²) in [5.41, 5.74) is 1.27. The zero-order chi connectivity index (χ0) is 10.8. The van der Waals surface area contributed by atoms with Crippen LogP contribution in [0.15, 0.2) is 24.3 Å². The van der Waals surface area contributed by atoms with Crippen LogP contribution in [0.4, 0.5) is 0 Å². The van der Waals surface area contributed by atoms with Gasteiger partial charge in [-0.2, -0.15) is 0 Å². The zero-order valence-corrected chi connectivity index (χ0v) is 9.57. The fraction of sp³-hybridized carbons (Fsp3) is 0.538. The van der Waals surface area contributed by atoms with Crippen LogP contribution in [-0.4, -0.2) is 13.2 Å². The molecule has 1 aliphatic rings. The Balaban J connectivity index is 1.95. The molecule has 2 nitrogen and oxygen atoms in total. The van der Waals surface area contributed by atoms with Gasteiger partial charge in [0.15, 0.2) is 0 Å². The summed E-state index contributed by atoms with van der Waals surface area (Å²) in [5, 5.41) is 0. The molecule has 0 saturated carbocycles. The van der Waals surface area contributed by atoms with E-state index < -0.39 is 0 Å². The maximum atomic E-state index is 5.65. The standard InChI is InChI=1S/C13H18O2/c1-9(2)8-12-13(15-12)10-4-6-11(14-3)7-5-10/h4-7,9,12-13H,8H2,1-3H3/t12-,13+/m1/s1. The van der Waals surface area contributed by atoms with Gasteiger partial charge in [-0.1, -0.05) is 26.0 Å². The molecule has 1 aromatic rings. The third-order valence-electron chi connectivity index (χ3n) is 2.73. The van der Waals surface area contributed by atoms with Gasteiger partial charge in [0.25, 0.3) is 0 Å². The fourth-order valence-corrected chi connectivity index (χ4v) is 1.87. The molecule has 1 aromatic carbocycles. The van der Waals surface area contributed by atoms with Crippen molar-refractivity contribution in [3.63, 3.8) is 0 Å². The lowest BCUT2D eigenvalue weighted by molar-refractivity contribution is 0.348. The lowest BCUT2D eigenvalue weighted by atomic mass is 10.0. The van der Waals surface area contributed by atoms with E-state index in [0.717, 1.165) is 12.2 Å². The first-order valence-corrected chi connectivity index (χ1v) is 5.50. The molecule has 1 fully saturated rings. The normalized spacial score (nSPS) is 24.3. The maximum Gasteiger partial charge on any atom is 0.118 e. The van der Waals surface area contributed by atoms with E-state index in [2.05, 4.69) is 26.0 Å². The van der Waals surface area contributed by atoms with E-state index in [9.17, 15) is 0 Å². The van der Waals surface area contributed by atoms with Crippen molar-refractivity contribution in [2.24, 2.45) is 5.92 Å². The highest BCUT2D eigenvalue weighted by Gasteiger charge is 2.39. The monoisotopic (exact) mass is 206 g/mol. The van der Waals surface area contributed by atoms with Gasteiger partial charge in [-0.3, -0.25) is 0 Å². The second-order valence-corrected chi connectivity index (χ2v) is 4.50. The van der Waals surface area contributed by atoms with Gasteiger partial charge in [0, 0.05) is 0 Å². The summed E-state index contributed by atoms with van der Waals surface area (Å²) in [6, 6.07) is 8.15. The van der Waals surface area contributed by atoms with Gasteiger partial charge in [0.05, 0.1) is 13.2 Å². The first-order valence-electron chi connectivity index (χ1n) is 5.50. The Morgan fingerprint density at radius 1 is 1.27 bits per heavy atom. The summed E-state index contributed by atoms with van der Waals surface area (Å²) >= 11 is 0. The molecule has 0 N–H and O–H groups in total. The molecule has 1 saturated heterocycles. The Morgan fingerprint density at radius 2 is 1.93 bits per heavy atom. The first kappa shape index (κ1) is 10.5. The largest absolute Gasteiger partial charge is 0.497 e. The highest BCUT2D eigenvalue weighted by molar-refractivity contribution is 5.30. The average Bonchev–Trinajstić information content (AvgIpc) is 2.96. The van der Waals surface area contributed by atoms with Gasteiger partial charge in [-0.05, 0) is 30.0 Å². The molecule has 0 aliphatic carbocycles. The Labute approximate surface area is 91.2 Å². The number of benzene rings is 1. The van der Waals surface area contributed by atoms with E-state index in [1.54, 1.807) is 7.11 Å². The molecule has 0 spiro atoms. The predicted molar refractivity (Wildman–Crippen MR) is 60.1 cm³/mol. The number of epoxide rings is 1. The van der Waals surface area contributed by atoms with Crippen molar-refractivity contribution < 1.29 is 9.47 Å². The lowest BCUT2D eigenvalue weighted by Crippen LogP contribution is -1.95. The Morgan fingerprint density at radius 3 is 2.47 bits per heavy atom. The molecule has 15 heavy (non-hydrogen) atoms. The summed E-state index contributed by atoms with van der Waals surface area (Å²) in [4.78, 5) is 0. The highest BCUT2D eigenvalue weighted by Crippen LogP contribution is 2.42. The van der Waals surface area contributed by atoms with Crippen LogP contribution < -0.4 is 4.74 Å². The van der Waals surface area contributed by atoms with E-state index in [-0.39, 0.29) is 0 Å². The summed E-state index contributed by atoms with van der Waals surface area (Å²) in [7, 11) is 1.68. The number of methoxy groups -OCH3 is 1. The number of ether oxygens (including phenoxy) is 2. The van der Waals surface area contributed by atoms with E-state index >= 15 is 0 Å². The van der Waals surface area contributed by atoms with Crippen LogP contribution in [0.3, 0.4) is 0 Å². The molecule has 0 aromatic heterocycles. The van der Waals surface area contributed by atoms with Crippen LogP contribution in [0, 0.1) is 5.92 Å². The Hall–Kier alpha value is -1.02. The molecular weight excluding hydrogens is 188 g/mol.